The Kier molecular flexibility index (Phi) is 3.85. The molecule has 0 aromatic heterocycles. The molecule has 0 N–H and O–H groups in total. The first-order valence-corrected chi connectivity index (χ1v) is 13.3. The number of benzene rings is 8. The van der Waals surface area contributed by atoms with Gasteiger partial charge in [0.15, 0.2) is 0 Å². The highest BCUT2D eigenvalue weighted by atomic mass is 14.2. The van der Waals surface area contributed by atoms with Crippen LogP contribution in [0.15, 0.2) is 158 Å². The molecule has 0 unspecified atom stereocenters. The van der Waals surface area contributed by atoms with Crippen LogP contribution in [0.1, 0.15) is 9.60 Å². The van der Waals surface area contributed by atoms with Crippen LogP contribution in [0.25, 0.3) is 76.5 Å². The molecule has 8 aromatic carbocycles. The average Bonchev–Trinajstić information content (AvgIpc) is 3.11. The summed E-state index contributed by atoms with van der Waals surface area (Å²) < 4.78 is 60.9. The normalized spacial score (nSPS) is 13.9. The van der Waals surface area contributed by atoms with Gasteiger partial charge in [-0.05, 0) is 82.5 Å². The maximum Gasteiger partial charge on any atom is 0.0629 e. The van der Waals surface area contributed by atoms with Crippen LogP contribution in [0.2, 0.25) is 0 Å². The third-order valence-electron chi connectivity index (χ3n) is 7.75. The fraction of sp³-hybridized carbons (Fsp3) is 0. The van der Waals surface area contributed by atoms with E-state index in [2.05, 4.69) is 60.7 Å². The van der Waals surface area contributed by atoms with E-state index in [1.165, 1.54) is 10.8 Å². The van der Waals surface area contributed by atoms with E-state index in [-0.39, 0.29) is 46.5 Å². The Morgan fingerprint density at radius 3 is 1.70 bits per heavy atom. The van der Waals surface area contributed by atoms with Crippen molar-refractivity contribution < 1.29 is 9.60 Å². The lowest BCUT2D eigenvalue weighted by Crippen LogP contribution is -1.92. The molecule has 0 amide bonds. The summed E-state index contributed by atoms with van der Waals surface area (Å²) >= 11 is 0. The summed E-state index contributed by atoms with van der Waals surface area (Å²) in [5, 5.41) is 5.76. The van der Waals surface area contributed by atoms with Crippen LogP contribution in [-0.4, -0.2) is 0 Å². The van der Waals surface area contributed by atoms with Crippen LogP contribution in [-0.2, 0) is 0 Å². The van der Waals surface area contributed by atoms with Crippen molar-refractivity contribution in [2.45, 2.75) is 0 Å². The van der Waals surface area contributed by atoms with Crippen molar-refractivity contribution in [2.75, 3.05) is 0 Å². The van der Waals surface area contributed by atoms with Gasteiger partial charge in [0.25, 0.3) is 0 Å². The predicted molar refractivity (Wildman–Crippen MR) is 173 cm³/mol. The lowest BCUT2D eigenvalue weighted by Gasteiger charge is -2.19. The highest BCUT2D eigenvalue weighted by molar-refractivity contribution is 6.23. The molecule has 0 saturated heterocycles. The van der Waals surface area contributed by atoms with E-state index in [0.717, 1.165) is 43.8 Å². The molecule has 0 heterocycles. The van der Waals surface area contributed by atoms with Gasteiger partial charge in [0.1, 0.15) is 0 Å². The Morgan fingerprint density at radius 1 is 0.350 bits per heavy atom. The van der Waals surface area contributed by atoms with Crippen LogP contribution in [0, 0.1) is 0 Å². The molecule has 0 saturated carbocycles. The van der Waals surface area contributed by atoms with Crippen molar-refractivity contribution in [3.05, 3.63) is 158 Å². The molecule has 0 heteroatoms. The minimum absolute atomic E-state index is 0.0490. The second kappa shape index (κ2) is 9.22. The van der Waals surface area contributed by atoms with E-state index in [4.69, 9.17) is 9.60 Å². The maximum absolute atomic E-state index is 9.14. The van der Waals surface area contributed by atoms with Crippen molar-refractivity contribution >= 4 is 43.1 Å². The largest absolute Gasteiger partial charge is 0.0629 e. The predicted octanol–water partition coefficient (Wildman–Crippen LogP) is 11.3. The van der Waals surface area contributed by atoms with Gasteiger partial charge in [-0.3, -0.25) is 0 Å². The molecule has 8 rings (SSSR count). The minimum Gasteiger partial charge on any atom is -0.0616 e. The summed E-state index contributed by atoms with van der Waals surface area (Å²) in [7, 11) is 0. The van der Waals surface area contributed by atoms with Crippen LogP contribution in [0.4, 0.5) is 0 Å². The van der Waals surface area contributed by atoms with Gasteiger partial charge in [-0.25, -0.2) is 0 Å². The van der Waals surface area contributed by atoms with Gasteiger partial charge in [-0.15, -0.1) is 0 Å². The summed E-state index contributed by atoms with van der Waals surface area (Å²) in [6.45, 7) is 0. The second-order valence-corrected chi connectivity index (χ2v) is 9.95. The summed E-state index contributed by atoms with van der Waals surface area (Å²) in [5.41, 5.74) is 5.07. The molecule has 0 atom stereocenters. The molecular formula is C40H26. The Bertz CT molecular complexity index is 2540. The average molecular weight is 514 g/mol. The highest BCUT2D eigenvalue weighted by Gasteiger charge is 2.18. The van der Waals surface area contributed by atoms with Gasteiger partial charge in [0.2, 0.25) is 0 Å². The Morgan fingerprint density at radius 2 is 0.925 bits per heavy atom. The highest BCUT2D eigenvalue weighted by Crippen LogP contribution is 2.45. The molecule has 0 bridgehead atoms. The van der Waals surface area contributed by atoms with Gasteiger partial charge in [0, 0.05) is 0 Å². The van der Waals surface area contributed by atoms with E-state index < -0.39 is 12.1 Å². The first-order valence-electron chi connectivity index (χ1n) is 16.8. The summed E-state index contributed by atoms with van der Waals surface area (Å²) in [5.74, 6) is 0. The van der Waals surface area contributed by atoms with Crippen LogP contribution in [0.5, 0.6) is 0 Å². The molecule has 186 valence electrons. The molecule has 0 aliphatic heterocycles. The molecule has 0 aliphatic rings. The summed E-state index contributed by atoms with van der Waals surface area (Å²) in [6, 6.07) is 36.3. The zero-order valence-corrected chi connectivity index (χ0v) is 21.5. The van der Waals surface area contributed by atoms with Crippen LogP contribution < -0.4 is 0 Å². The van der Waals surface area contributed by atoms with Crippen molar-refractivity contribution in [3.63, 3.8) is 0 Å². The third-order valence-corrected chi connectivity index (χ3v) is 7.75. The Balaban J connectivity index is 1.51. The first kappa shape index (κ1) is 16.7. The number of rotatable bonds is 3. The van der Waals surface area contributed by atoms with Gasteiger partial charge in [-0.1, -0.05) is 151 Å². The Hall–Kier alpha value is -5.20. The lowest BCUT2D eigenvalue weighted by atomic mass is 9.84. The lowest BCUT2D eigenvalue weighted by molar-refractivity contribution is 1.63. The van der Waals surface area contributed by atoms with Gasteiger partial charge in [-0.2, -0.15) is 0 Å². The summed E-state index contributed by atoms with van der Waals surface area (Å²) in [6.07, 6.45) is 0. The van der Waals surface area contributed by atoms with E-state index in [0.29, 0.717) is 5.56 Å². The van der Waals surface area contributed by atoms with Gasteiger partial charge >= 0.3 is 0 Å². The fourth-order valence-corrected chi connectivity index (χ4v) is 6.03. The third kappa shape index (κ3) is 3.54. The van der Waals surface area contributed by atoms with E-state index in [1.54, 1.807) is 0 Å². The quantitative estimate of drug-likeness (QED) is 0.206. The number of fused-ring (bicyclic) bond motifs is 4. The molecule has 0 radical (unpaired) electrons. The Labute approximate surface area is 243 Å². The van der Waals surface area contributed by atoms with Gasteiger partial charge < -0.3 is 0 Å². The number of hydrogen-bond donors (Lipinski definition) is 0. The standard InChI is InChI=1S/C40H26/c1-3-18-31-27(12-1)14-10-24-33(31)29-16-9-17-30(26-29)39-35-20-5-7-22-37(35)40(38-23-8-6-21-36(38)39)34-25-11-15-28-13-2-4-19-32(28)34/h1-26H/i2D,4D,11D,13D,15D,19D,25D. The molecule has 0 spiro atoms. The molecule has 8 aromatic rings. The molecular weight excluding hydrogens is 480 g/mol. The molecule has 0 fully saturated rings. The monoisotopic (exact) mass is 513 g/mol. The maximum atomic E-state index is 9.14. The summed E-state index contributed by atoms with van der Waals surface area (Å²) in [4.78, 5) is 0. The first-order chi connectivity index (χ1) is 22.8. The van der Waals surface area contributed by atoms with Crippen LogP contribution >= 0.6 is 0 Å². The zero-order chi connectivity index (χ0) is 32.6. The zero-order valence-electron chi connectivity index (χ0n) is 28.5. The molecule has 0 nitrogen and oxygen atoms in total. The van der Waals surface area contributed by atoms with Crippen molar-refractivity contribution in [3.8, 4) is 33.4 Å². The fourth-order valence-electron chi connectivity index (χ4n) is 6.03. The van der Waals surface area contributed by atoms with E-state index in [9.17, 15) is 0 Å². The minimum atomic E-state index is -0.463. The smallest absolute Gasteiger partial charge is 0.0616 e. The van der Waals surface area contributed by atoms with Crippen molar-refractivity contribution in [2.24, 2.45) is 0 Å². The molecule has 0 aliphatic carbocycles. The number of hydrogen-bond acceptors (Lipinski definition) is 0. The van der Waals surface area contributed by atoms with Crippen molar-refractivity contribution in [1.82, 2.24) is 0 Å². The van der Waals surface area contributed by atoms with Gasteiger partial charge in [0.05, 0.1) is 9.60 Å². The molecule has 40 heavy (non-hydrogen) atoms. The van der Waals surface area contributed by atoms with Crippen molar-refractivity contribution in [1.29, 1.82) is 0 Å². The van der Waals surface area contributed by atoms with Crippen LogP contribution in [0.3, 0.4) is 0 Å². The van der Waals surface area contributed by atoms with E-state index in [1.807, 2.05) is 54.6 Å². The second-order valence-electron chi connectivity index (χ2n) is 9.95. The SMILES string of the molecule is [2H]c1c([2H])c([2H])c2c(-c3c4ccccc4c(-c4cccc(-c5cccc6ccccc56)c4)c4ccccc34)c([2H])c([2H])c([2H])c2c1[2H]. The van der Waals surface area contributed by atoms with E-state index >= 15 is 0 Å². The topological polar surface area (TPSA) is 0 Å².